The number of amidine groups is 1. The van der Waals surface area contributed by atoms with Crippen molar-refractivity contribution in [3.63, 3.8) is 0 Å². The van der Waals surface area contributed by atoms with E-state index in [-0.39, 0.29) is 31.6 Å². The Kier molecular flexibility index (Phi) is 4.45. The molecule has 24 heavy (non-hydrogen) atoms. The van der Waals surface area contributed by atoms with E-state index >= 15 is 0 Å². The average molecular weight is 333 g/mol. The quantitative estimate of drug-likeness (QED) is 0.445. The second-order valence-corrected chi connectivity index (χ2v) is 4.88. The number of nitrogens with zero attached hydrogens (tertiary/aromatic N) is 3. The number of benzene rings is 1. The summed E-state index contributed by atoms with van der Waals surface area (Å²) in [6.45, 7) is 1.55. The van der Waals surface area contributed by atoms with Crippen molar-refractivity contribution in [2.45, 2.75) is 13.3 Å². The molecule has 3 rings (SSSR count). The van der Waals surface area contributed by atoms with Gasteiger partial charge in [-0.3, -0.25) is 4.79 Å². The molecule has 10 nitrogen and oxygen atoms in total. The van der Waals surface area contributed by atoms with Crippen molar-refractivity contribution in [3.05, 3.63) is 29.9 Å². The van der Waals surface area contributed by atoms with E-state index < -0.39 is 0 Å². The van der Waals surface area contributed by atoms with Crippen molar-refractivity contribution in [1.82, 2.24) is 10.1 Å². The van der Waals surface area contributed by atoms with Crippen LogP contribution in [0.2, 0.25) is 0 Å². The molecule has 0 spiro atoms. The highest BCUT2D eigenvalue weighted by Gasteiger charge is 2.14. The Morgan fingerprint density at radius 3 is 3.04 bits per heavy atom. The second kappa shape index (κ2) is 6.86. The lowest BCUT2D eigenvalue weighted by molar-refractivity contribution is -0.120. The minimum atomic E-state index is -0.388. The molecule has 0 radical (unpaired) electrons. The van der Waals surface area contributed by atoms with Gasteiger partial charge in [-0.05, 0) is 12.1 Å². The molecule has 1 aliphatic rings. The molecule has 0 bridgehead atoms. The van der Waals surface area contributed by atoms with Crippen molar-refractivity contribution in [1.29, 1.82) is 0 Å². The molecule has 2 heterocycles. The van der Waals surface area contributed by atoms with E-state index in [4.69, 9.17) is 24.6 Å². The van der Waals surface area contributed by atoms with Crippen LogP contribution in [0.5, 0.6) is 11.5 Å². The maximum Gasteiger partial charge on any atom is 0.265 e. The molecule has 126 valence electrons. The number of hydrogen-bond donors (Lipinski definition) is 2. The van der Waals surface area contributed by atoms with Crippen LogP contribution in [-0.4, -0.2) is 35.3 Å². The molecule has 0 fully saturated rings. The van der Waals surface area contributed by atoms with Crippen LogP contribution in [0, 0.1) is 6.92 Å². The van der Waals surface area contributed by atoms with Crippen molar-refractivity contribution in [2.75, 3.05) is 18.7 Å². The summed E-state index contributed by atoms with van der Waals surface area (Å²) in [6.07, 6.45) is 0.168. The number of amides is 1. The lowest BCUT2D eigenvalue weighted by atomic mass is 10.3. The zero-order chi connectivity index (χ0) is 16.9. The average Bonchev–Trinajstić information content (AvgIpc) is 3.15. The topological polar surface area (TPSA) is 134 Å². The molecule has 2 aromatic rings. The number of carbonyl (C=O) groups excluding carboxylic acids is 1. The number of fused-ring (bicyclic) bond motifs is 1. The molecule has 0 saturated carbocycles. The van der Waals surface area contributed by atoms with Gasteiger partial charge in [-0.15, -0.1) is 0 Å². The van der Waals surface area contributed by atoms with Gasteiger partial charge in [-0.25, -0.2) is 0 Å². The van der Waals surface area contributed by atoms with Crippen molar-refractivity contribution in [2.24, 2.45) is 10.9 Å². The first-order valence-corrected chi connectivity index (χ1v) is 7.03. The molecule has 1 aliphatic heterocycles. The fourth-order valence-corrected chi connectivity index (χ4v) is 1.95. The fourth-order valence-electron chi connectivity index (χ4n) is 1.95. The number of aromatic nitrogens is 2. The van der Waals surface area contributed by atoms with Crippen LogP contribution in [0.3, 0.4) is 0 Å². The van der Waals surface area contributed by atoms with E-state index in [0.717, 1.165) is 0 Å². The van der Waals surface area contributed by atoms with E-state index in [0.29, 0.717) is 28.9 Å². The molecule has 0 saturated heterocycles. The number of nitrogens with one attached hydrogen (secondary N) is 1. The predicted molar refractivity (Wildman–Crippen MR) is 81.5 cm³/mol. The summed E-state index contributed by atoms with van der Waals surface area (Å²) >= 11 is 0. The lowest BCUT2D eigenvalue weighted by Crippen LogP contribution is -2.20. The summed E-state index contributed by atoms with van der Waals surface area (Å²) in [4.78, 5) is 20.7. The van der Waals surface area contributed by atoms with E-state index in [1.54, 1.807) is 25.1 Å². The molecule has 1 aromatic heterocycles. The molecule has 10 heteroatoms. The van der Waals surface area contributed by atoms with Crippen LogP contribution in [0.25, 0.3) is 0 Å². The van der Waals surface area contributed by atoms with Crippen LogP contribution < -0.4 is 20.5 Å². The van der Waals surface area contributed by atoms with E-state index in [9.17, 15) is 4.79 Å². The van der Waals surface area contributed by atoms with Gasteiger partial charge in [-0.1, -0.05) is 10.3 Å². The van der Waals surface area contributed by atoms with Crippen LogP contribution in [0.15, 0.2) is 27.9 Å². The SMILES string of the molecule is Cc1nc(C/C(N)=N/OCC(=O)Nc2ccc3c(c2)OCO3)no1. The molecule has 1 amide bonds. The Bertz CT molecular complexity index is 773. The maximum atomic E-state index is 11.8. The maximum absolute atomic E-state index is 11.8. The van der Waals surface area contributed by atoms with Gasteiger partial charge >= 0.3 is 0 Å². The molecule has 0 atom stereocenters. The highest BCUT2D eigenvalue weighted by Crippen LogP contribution is 2.34. The van der Waals surface area contributed by atoms with Gasteiger partial charge in [0.1, 0.15) is 5.84 Å². The van der Waals surface area contributed by atoms with Crippen LogP contribution in [-0.2, 0) is 16.1 Å². The van der Waals surface area contributed by atoms with Crippen molar-refractivity contribution >= 4 is 17.4 Å². The highest BCUT2D eigenvalue weighted by molar-refractivity contribution is 5.92. The van der Waals surface area contributed by atoms with Gasteiger partial charge in [0.05, 0.1) is 6.42 Å². The van der Waals surface area contributed by atoms with Gasteiger partial charge in [0, 0.05) is 18.7 Å². The zero-order valence-electron chi connectivity index (χ0n) is 12.8. The Morgan fingerprint density at radius 2 is 2.25 bits per heavy atom. The molecular formula is C14H15N5O5. The molecule has 3 N–H and O–H groups in total. The Morgan fingerprint density at radius 1 is 1.42 bits per heavy atom. The third-order valence-corrected chi connectivity index (χ3v) is 2.94. The Hall–Kier alpha value is -3.30. The van der Waals surface area contributed by atoms with Gasteiger partial charge in [0.25, 0.3) is 5.91 Å². The zero-order valence-corrected chi connectivity index (χ0v) is 12.8. The summed E-state index contributed by atoms with van der Waals surface area (Å²) in [5, 5.41) is 9.96. The van der Waals surface area contributed by atoms with E-state index in [1.165, 1.54) is 0 Å². The first-order chi connectivity index (χ1) is 11.6. The van der Waals surface area contributed by atoms with Crippen LogP contribution in [0.4, 0.5) is 5.69 Å². The van der Waals surface area contributed by atoms with Crippen molar-refractivity contribution in [3.8, 4) is 11.5 Å². The molecule has 0 aliphatic carbocycles. The Balaban J connectivity index is 1.46. The van der Waals surface area contributed by atoms with Gasteiger partial charge < -0.3 is 29.9 Å². The van der Waals surface area contributed by atoms with E-state index in [2.05, 4.69) is 20.6 Å². The van der Waals surface area contributed by atoms with Gasteiger partial charge in [-0.2, -0.15) is 4.98 Å². The summed E-state index contributed by atoms with van der Waals surface area (Å²) in [5.74, 6) is 1.78. The fraction of sp³-hybridized carbons (Fsp3) is 0.286. The summed E-state index contributed by atoms with van der Waals surface area (Å²) in [6, 6.07) is 5.07. The number of nitrogens with two attached hydrogens (primary N) is 1. The monoisotopic (exact) mass is 333 g/mol. The third kappa shape index (κ3) is 3.91. The number of rotatable bonds is 6. The van der Waals surface area contributed by atoms with Crippen LogP contribution >= 0.6 is 0 Å². The minimum Gasteiger partial charge on any atom is -0.454 e. The smallest absolute Gasteiger partial charge is 0.265 e. The van der Waals surface area contributed by atoms with Crippen LogP contribution in [0.1, 0.15) is 11.7 Å². The lowest BCUT2D eigenvalue weighted by Gasteiger charge is -2.05. The number of ether oxygens (including phenoxy) is 2. The normalized spacial score (nSPS) is 13.0. The molecular weight excluding hydrogens is 318 g/mol. The first-order valence-electron chi connectivity index (χ1n) is 7.03. The number of anilines is 1. The second-order valence-electron chi connectivity index (χ2n) is 4.88. The number of oxime groups is 1. The Labute approximate surface area is 136 Å². The minimum absolute atomic E-state index is 0.131. The third-order valence-electron chi connectivity index (χ3n) is 2.94. The number of hydrogen-bond acceptors (Lipinski definition) is 8. The first kappa shape index (κ1) is 15.6. The van der Waals surface area contributed by atoms with Crippen molar-refractivity contribution < 1.29 is 23.6 Å². The van der Waals surface area contributed by atoms with Gasteiger partial charge in [0.15, 0.2) is 23.9 Å². The summed E-state index contributed by atoms with van der Waals surface area (Å²) in [5.41, 5.74) is 6.22. The highest BCUT2D eigenvalue weighted by atomic mass is 16.7. The molecule has 0 unspecified atom stereocenters. The number of carbonyl (C=O) groups is 1. The standard InChI is InChI=1S/C14H15N5O5/c1-8-16-13(19-24-8)5-12(15)18-23-6-14(20)17-9-2-3-10-11(4-9)22-7-21-10/h2-4H,5-7H2,1H3,(H2,15,18)(H,17,20). The van der Waals surface area contributed by atoms with E-state index in [1.807, 2.05) is 0 Å². The number of aryl methyl sites for hydroxylation is 1. The molecule has 1 aromatic carbocycles. The largest absolute Gasteiger partial charge is 0.454 e. The predicted octanol–water partition coefficient (Wildman–Crippen LogP) is 0.577. The summed E-state index contributed by atoms with van der Waals surface area (Å²) in [7, 11) is 0. The van der Waals surface area contributed by atoms with Gasteiger partial charge in [0.2, 0.25) is 12.7 Å². The summed E-state index contributed by atoms with van der Waals surface area (Å²) < 4.78 is 15.2.